The molecule has 0 saturated carbocycles. The molecule has 2 heteroatoms. The SMILES string of the molecule is CC1CC2(CCN(C)CC2)CO1. The van der Waals surface area contributed by atoms with Crippen molar-refractivity contribution in [2.45, 2.75) is 32.3 Å². The lowest BCUT2D eigenvalue weighted by atomic mass is 9.77. The molecule has 1 spiro atoms. The average Bonchev–Trinajstić information content (AvgIpc) is 2.40. The second-order valence-corrected chi connectivity index (χ2v) is 4.63. The number of hydrogen-bond donors (Lipinski definition) is 0. The van der Waals surface area contributed by atoms with Crippen LogP contribution in [0.2, 0.25) is 0 Å². The van der Waals surface area contributed by atoms with Gasteiger partial charge in [0.15, 0.2) is 0 Å². The summed E-state index contributed by atoms with van der Waals surface area (Å²) in [6.07, 6.45) is 4.48. The largest absolute Gasteiger partial charge is 0.378 e. The van der Waals surface area contributed by atoms with E-state index in [-0.39, 0.29) is 0 Å². The van der Waals surface area contributed by atoms with Gasteiger partial charge < -0.3 is 9.64 Å². The first kappa shape index (κ1) is 8.52. The van der Waals surface area contributed by atoms with E-state index in [0.717, 1.165) is 6.61 Å². The summed E-state index contributed by atoms with van der Waals surface area (Å²) in [4.78, 5) is 2.42. The van der Waals surface area contributed by atoms with Gasteiger partial charge in [0.1, 0.15) is 0 Å². The molecule has 2 fully saturated rings. The minimum Gasteiger partial charge on any atom is -0.378 e. The van der Waals surface area contributed by atoms with Gasteiger partial charge in [0.2, 0.25) is 0 Å². The maximum absolute atomic E-state index is 5.66. The summed E-state index contributed by atoms with van der Waals surface area (Å²) in [6.45, 7) is 5.74. The molecule has 0 aliphatic carbocycles. The summed E-state index contributed by atoms with van der Waals surface area (Å²) in [5.41, 5.74) is 0.561. The topological polar surface area (TPSA) is 12.5 Å². The zero-order valence-electron chi connectivity index (χ0n) is 8.18. The Morgan fingerprint density at radius 1 is 1.33 bits per heavy atom. The molecule has 0 aromatic heterocycles. The maximum atomic E-state index is 5.66. The lowest BCUT2D eigenvalue weighted by molar-refractivity contribution is 0.0764. The summed E-state index contributed by atoms with van der Waals surface area (Å²) < 4.78 is 5.66. The Balaban J connectivity index is 1.95. The average molecular weight is 169 g/mol. The maximum Gasteiger partial charge on any atom is 0.0553 e. The first-order chi connectivity index (χ1) is 5.70. The molecule has 0 radical (unpaired) electrons. The normalized spacial score (nSPS) is 36.0. The van der Waals surface area contributed by atoms with Crippen LogP contribution < -0.4 is 0 Å². The number of rotatable bonds is 0. The molecule has 2 nitrogen and oxygen atoms in total. The zero-order chi connectivity index (χ0) is 8.60. The third kappa shape index (κ3) is 1.50. The van der Waals surface area contributed by atoms with Crippen LogP contribution >= 0.6 is 0 Å². The van der Waals surface area contributed by atoms with Gasteiger partial charge in [0, 0.05) is 0 Å². The monoisotopic (exact) mass is 169 g/mol. The summed E-state index contributed by atoms with van der Waals surface area (Å²) in [5.74, 6) is 0. The lowest BCUT2D eigenvalue weighted by Gasteiger charge is -2.36. The van der Waals surface area contributed by atoms with Crippen LogP contribution in [0.25, 0.3) is 0 Å². The lowest BCUT2D eigenvalue weighted by Crippen LogP contribution is -2.38. The van der Waals surface area contributed by atoms with Gasteiger partial charge in [-0.15, -0.1) is 0 Å². The fourth-order valence-electron chi connectivity index (χ4n) is 2.49. The third-order valence-corrected chi connectivity index (χ3v) is 3.44. The molecule has 0 aromatic rings. The molecular weight excluding hydrogens is 150 g/mol. The second-order valence-electron chi connectivity index (χ2n) is 4.63. The Morgan fingerprint density at radius 2 is 2.00 bits per heavy atom. The van der Waals surface area contributed by atoms with Crippen molar-refractivity contribution in [1.29, 1.82) is 0 Å². The van der Waals surface area contributed by atoms with Crippen molar-refractivity contribution >= 4 is 0 Å². The molecule has 1 unspecified atom stereocenters. The molecule has 2 rings (SSSR count). The molecule has 2 saturated heterocycles. The van der Waals surface area contributed by atoms with Gasteiger partial charge >= 0.3 is 0 Å². The van der Waals surface area contributed by atoms with Crippen LogP contribution in [-0.4, -0.2) is 37.7 Å². The standard InChI is InChI=1S/C10H19NO/c1-9-7-10(8-12-9)3-5-11(2)6-4-10/h9H,3-8H2,1-2H3. The van der Waals surface area contributed by atoms with Crippen molar-refractivity contribution in [3.8, 4) is 0 Å². The van der Waals surface area contributed by atoms with Crippen molar-refractivity contribution < 1.29 is 4.74 Å². The molecule has 12 heavy (non-hydrogen) atoms. The van der Waals surface area contributed by atoms with Gasteiger partial charge in [-0.25, -0.2) is 0 Å². The van der Waals surface area contributed by atoms with Crippen molar-refractivity contribution in [2.75, 3.05) is 26.7 Å². The van der Waals surface area contributed by atoms with Crippen LogP contribution in [0.15, 0.2) is 0 Å². The van der Waals surface area contributed by atoms with Crippen LogP contribution in [0.4, 0.5) is 0 Å². The van der Waals surface area contributed by atoms with Crippen LogP contribution in [0.1, 0.15) is 26.2 Å². The Morgan fingerprint density at radius 3 is 2.50 bits per heavy atom. The van der Waals surface area contributed by atoms with E-state index in [1.807, 2.05) is 0 Å². The molecule has 1 atom stereocenters. The second kappa shape index (κ2) is 3.00. The molecule has 2 aliphatic rings. The van der Waals surface area contributed by atoms with E-state index in [2.05, 4.69) is 18.9 Å². The summed E-state index contributed by atoms with van der Waals surface area (Å²) in [6, 6.07) is 0. The van der Waals surface area contributed by atoms with Crippen LogP contribution in [0.3, 0.4) is 0 Å². The fourth-order valence-corrected chi connectivity index (χ4v) is 2.49. The molecule has 0 aromatic carbocycles. The summed E-state index contributed by atoms with van der Waals surface area (Å²) in [7, 11) is 2.21. The number of piperidine rings is 1. The summed E-state index contributed by atoms with van der Waals surface area (Å²) >= 11 is 0. The predicted octanol–water partition coefficient (Wildman–Crippen LogP) is 1.51. The molecule has 70 valence electrons. The quantitative estimate of drug-likeness (QED) is 0.545. The van der Waals surface area contributed by atoms with Crippen molar-refractivity contribution in [2.24, 2.45) is 5.41 Å². The molecule has 2 heterocycles. The van der Waals surface area contributed by atoms with E-state index >= 15 is 0 Å². The smallest absolute Gasteiger partial charge is 0.0553 e. The molecular formula is C10H19NO. The molecule has 0 amide bonds. The molecule has 0 N–H and O–H groups in total. The number of nitrogens with zero attached hydrogens (tertiary/aromatic N) is 1. The van der Waals surface area contributed by atoms with E-state index in [4.69, 9.17) is 4.74 Å². The van der Waals surface area contributed by atoms with Crippen molar-refractivity contribution in [1.82, 2.24) is 4.90 Å². The van der Waals surface area contributed by atoms with E-state index in [1.165, 1.54) is 32.4 Å². The minimum atomic E-state index is 0.508. The van der Waals surface area contributed by atoms with E-state index in [1.54, 1.807) is 0 Å². The number of ether oxygens (including phenoxy) is 1. The van der Waals surface area contributed by atoms with E-state index in [9.17, 15) is 0 Å². The highest BCUT2D eigenvalue weighted by atomic mass is 16.5. The zero-order valence-corrected chi connectivity index (χ0v) is 8.18. The van der Waals surface area contributed by atoms with Gasteiger partial charge in [-0.3, -0.25) is 0 Å². The van der Waals surface area contributed by atoms with Gasteiger partial charge in [-0.05, 0) is 51.7 Å². The van der Waals surface area contributed by atoms with Crippen LogP contribution in [0.5, 0.6) is 0 Å². The molecule has 0 bridgehead atoms. The Labute approximate surface area is 74.9 Å². The van der Waals surface area contributed by atoms with Crippen LogP contribution in [0, 0.1) is 5.41 Å². The Hall–Kier alpha value is -0.0800. The third-order valence-electron chi connectivity index (χ3n) is 3.44. The van der Waals surface area contributed by atoms with Gasteiger partial charge in [0.05, 0.1) is 12.7 Å². The van der Waals surface area contributed by atoms with Crippen molar-refractivity contribution in [3.63, 3.8) is 0 Å². The highest BCUT2D eigenvalue weighted by Crippen LogP contribution is 2.41. The first-order valence-electron chi connectivity index (χ1n) is 5.00. The van der Waals surface area contributed by atoms with E-state index < -0.39 is 0 Å². The van der Waals surface area contributed by atoms with Gasteiger partial charge in [-0.2, -0.15) is 0 Å². The van der Waals surface area contributed by atoms with E-state index in [0.29, 0.717) is 11.5 Å². The Bertz CT molecular complexity index is 161. The molecule has 2 aliphatic heterocycles. The number of likely N-dealkylation sites (tertiary alicyclic amines) is 1. The first-order valence-corrected chi connectivity index (χ1v) is 5.00. The van der Waals surface area contributed by atoms with Gasteiger partial charge in [-0.1, -0.05) is 0 Å². The van der Waals surface area contributed by atoms with Gasteiger partial charge in [0.25, 0.3) is 0 Å². The Kier molecular flexibility index (Phi) is 2.13. The van der Waals surface area contributed by atoms with Crippen molar-refractivity contribution in [3.05, 3.63) is 0 Å². The number of hydrogen-bond acceptors (Lipinski definition) is 2. The minimum absolute atomic E-state index is 0.508. The highest BCUT2D eigenvalue weighted by molar-refractivity contribution is 4.90. The fraction of sp³-hybridized carbons (Fsp3) is 1.00. The summed E-state index contributed by atoms with van der Waals surface area (Å²) in [5, 5.41) is 0. The predicted molar refractivity (Wildman–Crippen MR) is 49.2 cm³/mol. The highest BCUT2D eigenvalue weighted by Gasteiger charge is 2.40. The van der Waals surface area contributed by atoms with Crippen LogP contribution in [-0.2, 0) is 4.74 Å².